The quantitative estimate of drug-likeness (QED) is 0.407. The van der Waals surface area contributed by atoms with Gasteiger partial charge in [0.2, 0.25) is 0 Å². The minimum absolute atomic E-state index is 0.199. The van der Waals surface area contributed by atoms with E-state index in [1.54, 1.807) is 0 Å². The first-order chi connectivity index (χ1) is 16.5. The Kier molecular flexibility index (Phi) is 6.39. The lowest BCUT2D eigenvalue weighted by molar-refractivity contribution is 0.0441. The van der Waals surface area contributed by atoms with Gasteiger partial charge >= 0.3 is 6.09 Å². The Morgan fingerprint density at radius 3 is 2.37 bits per heavy atom. The summed E-state index contributed by atoms with van der Waals surface area (Å²) in [7, 11) is 0. The van der Waals surface area contributed by atoms with Crippen LogP contribution in [-0.4, -0.2) is 38.4 Å². The molecule has 0 bridgehead atoms. The number of alkyl carbamates (subject to hydrolysis) is 1. The normalized spacial score (nSPS) is 11.9. The number of ether oxygens (including phenoxy) is 2. The van der Waals surface area contributed by atoms with Crippen LogP contribution in [0.15, 0.2) is 71.9 Å². The standard InChI is InChI=1S/C27H30N4O4/c1-26(2,3)35-25(33)30-27(4,5)16-34-20-13-11-18(12-14-20)21-15-31(19-9-7-6-8-10-19)23-22(21)24(32)29-17-28-23/h6-15,17H,16H2,1-5H3,(H,30,33)(H,28,29,32). The fraction of sp³-hybridized carbons (Fsp3) is 0.296. The predicted octanol–water partition coefficient (Wildman–Crippen LogP) is 5.06. The number of nitrogens with zero attached hydrogens (tertiary/aromatic N) is 2. The van der Waals surface area contributed by atoms with Crippen molar-refractivity contribution in [3.8, 4) is 22.6 Å². The lowest BCUT2D eigenvalue weighted by Crippen LogP contribution is -2.49. The molecule has 8 nitrogen and oxygen atoms in total. The molecule has 4 aromatic rings. The molecule has 8 heteroatoms. The largest absolute Gasteiger partial charge is 0.491 e. The SMILES string of the molecule is CC(C)(COc1ccc(-c2cn(-c3ccccc3)c3nc[nH]c(=O)c23)cc1)NC(=O)OC(C)(C)C. The Hall–Kier alpha value is -4.07. The zero-order valence-electron chi connectivity index (χ0n) is 20.6. The van der Waals surface area contributed by atoms with Gasteiger partial charge in [-0.05, 0) is 64.4 Å². The third-order valence-electron chi connectivity index (χ3n) is 5.23. The molecule has 0 fully saturated rings. The van der Waals surface area contributed by atoms with Gasteiger partial charge in [-0.25, -0.2) is 9.78 Å². The minimum atomic E-state index is -0.636. The summed E-state index contributed by atoms with van der Waals surface area (Å²) in [6.45, 7) is 9.44. The molecule has 2 N–H and O–H groups in total. The Balaban J connectivity index is 1.54. The van der Waals surface area contributed by atoms with Gasteiger partial charge in [0.05, 0.1) is 17.3 Å². The van der Waals surface area contributed by atoms with Crippen LogP contribution in [0.3, 0.4) is 0 Å². The summed E-state index contributed by atoms with van der Waals surface area (Å²) in [6, 6.07) is 17.3. The molecule has 0 aliphatic heterocycles. The molecule has 4 rings (SSSR count). The third kappa shape index (κ3) is 5.71. The number of rotatable bonds is 6. The van der Waals surface area contributed by atoms with Crippen LogP contribution in [-0.2, 0) is 4.74 Å². The van der Waals surface area contributed by atoms with E-state index < -0.39 is 17.2 Å². The fourth-order valence-corrected chi connectivity index (χ4v) is 3.69. The van der Waals surface area contributed by atoms with E-state index in [1.165, 1.54) is 6.33 Å². The maximum Gasteiger partial charge on any atom is 0.408 e. The van der Waals surface area contributed by atoms with Crippen LogP contribution in [0.4, 0.5) is 4.79 Å². The van der Waals surface area contributed by atoms with Crippen molar-refractivity contribution in [1.29, 1.82) is 0 Å². The smallest absolute Gasteiger partial charge is 0.408 e. The number of aromatic nitrogens is 3. The van der Waals surface area contributed by atoms with Crippen molar-refractivity contribution in [2.45, 2.75) is 45.8 Å². The molecule has 182 valence electrons. The molecule has 0 saturated heterocycles. The molecule has 2 heterocycles. The lowest BCUT2D eigenvalue weighted by Gasteiger charge is -2.28. The average Bonchev–Trinajstić information content (AvgIpc) is 3.18. The van der Waals surface area contributed by atoms with Crippen LogP contribution < -0.4 is 15.6 Å². The van der Waals surface area contributed by atoms with Crippen LogP contribution in [0.25, 0.3) is 27.8 Å². The van der Waals surface area contributed by atoms with Crippen LogP contribution >= 0.6 is 0 Å². The molecule has 0 aliphatic carbocycles. The monoisotopic (exact) mass is 474 g/mol. The number of aromatic amines is 1. The molecule has 35 heavy (non-hydrogen) atoms. The van der Waals surface area contributed by atoms with Crippen LogP contribution in [0.5, 0.6) is 5.75 Å². The van der Waals surface area contributed by atoms with Crippen molar-refractivity contribution < 1.29 is 14.3 Å². The number of H-pyrrole nitrogens is 1. The molecular formula is C27H30N4O4. The molecule has 0 aliphatic rings. The zero-order valence-corrected chi connectivity index (χ0v) is 20.6. The summed E-state index contributed by atoms with van der Waals surface area (Å²) in [5.74, 6) is 0.645. The van der Waals surface area contributed by atoms with E-state index in [4.69, 9.17) is 9.47 Å². The average molecular weight is 475 g/mol. The number of carbonyl (C=O) groups is 1. The highest BCUT2D eigenvalue weighted by molar-refractivity contribution is 5.94. The minimum Gasteiger partial charge on any atom is -0.491 e. The summed E-state index contributed by atoms with van der Waals surface area (Å²) >= 11 is 0. The van der Waals surface area contributed by atoms with Gasteiger partial charge < -0.3 is 24.3 Å². The fourth-order valence-electron chi connectivity index (χ4n) is 3.69. The summed E-state index contributed by atoms with van der Waals surface area (Å²) in [6.07, 6.45) is 2.85. The maximum absolute atomic E-state index is 12.7. The number of benzene rings is 2. The van der Waals surface area contributed by atoms with E-state index in [9.17, 15) is 9.59 Å². The molecule has 2 aromatic carbocycles. The van der Waals surface area contributed by atoms with Crippen molar-refractivity contribution >= 4 is 17.1 Å². The number of carbonyl (C=O) groups excluding carboxylic acids is 1. The zero-order chi connectivity index (χ0) is 25.2. The van der Waals surface area contributed by atoms with Gasteiger partial charge in [-0.2, -0.15) is 0 Å². The number of fused-ring (bicyclic) bond motifs is 1. The Labute approximate surface area is 203 Å². The molecule has 0 radical (unpaired) electrons. The molecular weight excluding hydrogens is 444 g/mol. The first-order valence-corrected chi connectivity index (χ1v) is 11.4. The van der Waals surface area contributed by atoms with Crippen LogP contribution in [0, 0.1) is 0 Å². The van der Waals surface area contributed by atoms with Gasteiger partial charge in [-0.1, -0.05) is 30.3 Å². The molecule has 2 aromatic heterocycles. The lowest BCUT2D eigenvalue weighted by atomic mass is 10.1. The Morgan fingerprint density at radius 2 is 1.71 bits per heavy atom. The second kappa shape index (κ2) is 9.29. The number of hydrogen-bond acceptors (Lipinski definition) is 5. The summed E-state index contributed by atoms with van der Waals surface area (Å²) < 4.78 is 13.2. The van der Waals surface area contributed by atoms with E-state index >= 15 is 0 Å². The van der Waals surface area contributed by atoms with Gasteiger partial charge in [0.15, 0.2) is 5.65 Å². The molecule has 0 spiro atoms. The van der Waals surface area contributed by atoms with E-state index in [2.05, 4.69) is 15.3 Å². The topological polar surface area (TPSA) is 98.2 Å². The van der Waals surface area contributed by atoms with Crippen molar-refractivity contribution in [2.24, 2.45) is 0 Å². The van der Waals surface area contributed by atoms with Crippen molar-refractivity contribution in [2.75, 3.05) is 6.61 Å². The van der Waals surface area contributed by atoms with Gasteiger partial charge in [0, 0.05) is 17.4 Å². The van der Waals surface area contributed by atoms with E-state index in [0.717, 1.165) is 16.8 Å². The van der Waals surface area contributed by atoms with Crippen molar-refractivity contribution in [1.82, 2.24) is 19.9 Å². The van der Waals surface area contributed by atoms with Crippen molar-refractivity contribution in [3.05, 3.63) is 77.5 Å². The summed E-state index contributed by atoms with van der Waals surface area (Å²) in [4.78, 5) is 31.9. The third-order valence-corrected chi connectivity index (χ3v) is 5.23. The predicted molar refractivity (Wildman–Crippen MR) is 136 cm³/mol. The van der Waals surface area contributed by atoms with E-state index in [0.29, 0.717) is 16.8 Å². The number of para-hydroxylation sites is 1. The van der Waals surface area contributed by atoms with Crippen molar-refractivity contribution in [3.63, 3.8) is 0 Å². The van der Waals surface area contributed by atoms with Gasteiger partial charge in [0.25, 0.3) is 5.56 Å². The maximum atomic E-state index is 12.7. The van der Waals surface area contributed by atoms with E-state index in [-0.39, 0.29) is 12.2 Å². The molecule has 0 unspecified atom stereocenters. The second-order valence-electron chi connectivity index (χ2n) is 10.0. The van der Waals surface area contributed by atoms with Crippen LogP contribution in [0.1, 0.15) is 34.6 Å². The number of hydrogen-bond donors (Lipinski definition) is 2. The first-order valence-electron chi connectivity index (χ1n) is 11.4. The van der Waals surface area contributed by atoms with Gasteiger partial charge in [0.1, 0.15) is 18.0 Å². The van der Waals surface area contributed by atoms with Gasteiger partial charge in [-0.15, -0.1) is 0 Å². The summed E-state index contributed by atoms with van der Waals surface area (Å²) in [5, 5.41) is 3.35. The number of nitrogens with one attached hydrogen (secondary N) is 2. The second-order valence-corrected chi connectivity index (χ2v) is 10.0. The highest BCUT2D eigenvalue weighted by Crippen LogP contribution is 2.30. The summed E-state index contributed by atoms with van der Waals surface area (Å²) in [5.41, 5.74) is 1.74. The van der Waals surface area contributed by atoms with Crippen LogP contribution in [0.2, 0.25) is 0 Å². The highest BCUT2D eigenvalue weighted by Gasteiger charge is 2.25. The van der Waals surface area contributed by atoms with E-state index in [1.807, 2.05) is 100.0 Å². The Bertz CT molecular complexity index is 1380. The first kappa shape index (κ1) is 24.1. The Morgan fingerprint density at radius 1 is 1.03 bits per heavy atom. The molecule has 0 atom stereocenters. The van der Waals surface area contributed by atoms with Gasteiger partial charge in [-0.3, -0.25) is 4.79 Å². The number of amides is 1. The molecule has 0 saturated carbocycles. The molecule has 1 amide bonds. The highest BCUT2D eigenvalue weighted by atomic mass is 16.6.